The zero-order valence-corrected chi connectivity index (χ0v) is 21.9. The summed E-state index contributed by atoms with van der Waals surface area (Å²) in [4.78, 5) is 22.7. The quantitative estimate of drug-likeness (QED) is 0.153. The number of likely N-dealkylation sites (tertiary alicyclic amines) is 1. The van der Waals surface area contributed by atoms with Gasteiger partial charge in [-0.1, -0.05) is 23.3 Å². The van der Waals surface area contributed by atoms with Crippen LogP contribution in [0.1, 0.15) is 68.9 Å². The molecule has 0 saturated carbocycles. The van der Waals surface area contributed by atoms with Gasteiger partial charge < -0.3 is 32.1 Å². The van der Waals surface area contributed by atoms with E-state index in [2.05, 4.69) is 25.5 Å². The van der Waals surface area contributed by atoms with E-state index in [1.165, 1.54) is 11.1 Å². The fraction of sp³-hybridized carbons (Fsp3) is 0.519. The van der Waals surface area contributed by atoms with Gasteiger partial charge in [-0.25, -0.2) is 14.8 Å². The average molecular weight is 496 g/mol. The SMILES string of the molecule is CC(C)=CCN=C(N)NCCC[C@@H]1Nc2ccc(C(=O)O)cc2C2C1CCN2C(N)=NCC=C(C)C. The van der Waals surface area contributed by atoms with Crippen LogP contribution >= 0.6 is 0 Å². The molecule has 9 heteroatoms. The molecule has 2 unspecified atom stereocenters. The second kappa shape index (κ2) is 12.5. The molecule has 1 saturated heterocycles. The summed E-state index contributed by atoms with van der Waals surface area (Å²) < 4.78 is 0. The number of nitrogens with zero attached hydrogens (tertiary/aromatic N) is 3. The zero-order chi connectivity index (χ0) is 26.2. The third-order valence-electron chi connectivity index (χ3n) is 6.73. The van der Waals surface area contributed by atoms with Gasteiger partial charge in [0.25, 0.3) is 0 Å². The molecule has 36 heavy (non-hydrogen) atoms. The monoisotopic (exact) mass is 495 g/mol. The maximum atomic E-state index is 11.7. The van der Waals surface area contributed by atoms with Crippen LogP contribution in [0, 0.1) is 5.92 Å². The molecule has 0 amide bonds. The molecule has 0 aliphatic carbocycles. The predicted octanol–water partition coefficient (Wildman–Crippen LogP) is 3.47. The van der Waals surface area contributed by atoms with E-state index >= 15 is 0 Å². The number of carboxylic acid groups (broad SMARTS) is 1. The largest absolute Gasteiger partial charge is 0.478 e. The van der Waals surface area contributed by atoms with Crippen molar-refractivity contribution in [3.8, 4) is 0 Å². The molecule has 9 nitrogen and oxygen atoms in total. The minimum atomic E-state index is -0.930. The summed E-state index contributed by atoms with van der Waals surface area (Å²) in [6.07, 6.45) is 6.90. The van der Waals surface area contributed by atoms with E-state index in [-0.39, 0.29) is 17.6 Å². The first-order valence-corrected chi connectivity index (χ1v) is 12.7. The van der Waals surface area contributed by atoms with Crippen molar-refractivity contribution in [2.45, 2.75) is 59.0 Å². The molecular formula is C27H41N7O2. The van der Waals surface area contributed by atoms with E-state index < -0.39 is 5.97 Å². The molecule has 2 aliphatic rings. The van der Waals surface area contributed by atoms with Gasteiger partial charge in [-0.3, -0.25) is 0 Å². The average Bonchev–Trinajstić information content (AvgIpc) is 3.27. The van der Waals surface area contributed by atoms with Crippen LogP contribution in [-0.4, -0.2) is 60.1 Å². The Morgan fingerprint density at radius 3 is 2.53 bits per heavy atom. The Kier molecular flexibility index (Phi) is 9.38. The van der Waals surface area contributed by atoms with E-state index in [9.17, 15) is 9.90 Å². The van der Waals surface area contributed by atoms with Gasteiger partial charge in [0.15, 0.2) is 11.9 Å². The Hall–Kier alpha value is -3.49. The summed E-state index contributed by atoms with van der Waals surface area (Å²) in [5, 5.41) is 16.5. The molecule has 0 aromatic heterocycles. The Bertz CT molecular complexity index is 1050. The summed E-state index contributed by atoms with van der Waals surface area (Å²) in [7, 11) is 0. The molecule has 7 N–H and O–H groups in total. The van der Waals surface area contributed by atoms with Crippen LogP contribution in [0.2, 0.25) is 0 Å². The molecule has 196 valence electrons. The van der Waals surface area contributed by atoms with Crippen molar-refractivity contribution in [3.63, 3.8) is 0 Å². The highest BCUT2D eigenvalue weighted by atomic mass is 16.4. The number of rotatable bonds is 9. The van der Waals surface area contributed by atoms with Crippen molar-refractivity contribution >= 4 is 23.6 Å². The number of benzene rings is 1. The molecule has 3 atom stereocenters. The van der Waals surface area contributed by atoms with Crippen molar-refractivity contribution in [2.24, 2.45) is 27.4 Å². The van der Waals surface area contributed by atoms with Crippen molar-refractivity contribution < 1.29 is 9.90 Å². The van der Waals surface area contributed by atoms with Crippen LogP contribution in [0.15, 0.2) is 51.5 Å². The number of hydrogen-bond donors (Lipinski definition) is 5. The van der Waals surface area contributed by atoms with Crippen molar-refractivity contribution in [1.29, 1.82) is 0 Å². The second-order valence-electron chi connectivity index (χ2n) is 10.0. The minimum Gasteiger partial charge on any atom is -0.478 e. The Balaban J connectivity index is 1.74. The van der Waals surface area contributed by atoms with Gasteiger partial charge in [0, 0.05) is 30.7 Å². The third-order valence-corrected chi connectivity index (χ3v) is 6.73. The van der Waals surface area contributed by atoms with Crippen molar-refractivity contribution in [1.82, 2.24) is 10.2 Å². The summed E-state index contributed by atoms with van der Waals surface area (Å²) >= 11 is 0. The molecule has 1 fully saturated rings. The van der Waals surface area contributed by atoms with Gasteiger partial charge in [-0.15, -0.1) is 0 Å². The number of guanidine groups is 2. The first kappa shape index (κ1) is 27.1. The number of hydrogen-bond acceptors (Lipinski definition) is 4. The molecule has 2 aliphatic heterocycles. The van der Waals surface area contributed by atoms with Crippen LogP contribution < -0.4 is 22.1 Å². The van der Waals surface area contributed by atoms with Crippen LogP contribution in [0.3, 0.4) is 0 Å². The second-order valence-corrected chi connectivity index (χ2v) is 10.0. The van der Waals surface area contributed by atoms with E-state index in [1.807, 2.05) is 45.9 Å². The molecule has 1 aromatic carbocycles. The van der Waals surface area contributed by atoms with Gasteiger partial charge in [0.05, 0.1) is 24.7 Å². The Morgan fingerprint density at radius 2 is 1.86 bits per heavy atom. The van der Waals surface area contributed by atoms with E-state index in [0.717, 1.165) is 43.6 Å². The third kappa shape index (κ3) is 7.02. The number of fused-ring (bicyclic) bond motifs is 3. The van der Waals surface area contributed by atoms with Crippen LogP contribution in [-0.2, 0) is 0 Å². The van der Waals surface area contributed by atoms with Gasteiger partial charge in [-0.05, 0) is 70.7 Å². The van der Waals surface area contributed by atoms with Crippen LogP contribution in [0.4, 0.5) is 5.69 Å². The fourth-order valence-corrected chi connectivity index (χ4v) is 4.89. The summed E-state index contributed by atoms with van der Waals surface area (Å²) in [5.74, 6) is 0.332. The lowest BCUT2D eigenvalue weighted by Crippen LogP contribution is -2.44. The molecule has 3 rings (SSSR count). The lowest BCUT2D eigenvalue weighted by molar-refractivity contribution is 0.0696. The number of allylic oxidation sites excluding steroid dienone is 2. The molecular weight excluding hydrogens is 454 g/mol. The van der Waals surface area contributed by atoms with E-state index in [0.29, 0.717) is 30.9 Å². The predicted molar refractivity (Wildman–Crippen MR) is 147 cm³/mol. The van der Waals surface area contributed by atoms with Gasteiger partial charge in [-0.2, -0.15) is 0 Å². The highest BCUT2D eigenvalue weighted by Crippen LogP contribution is 2.47. The number of aromatic carboxylic acids is 1. The number of carboxylic acids is 1. The molecule has 0 bridgehead atoms. The molecule has 0 spiro atoms. The lowest BCUT2D eigenvalue weighted by atomic mass is 9.80. The Labute approximate surface area is 214 Å². The highest BCUT2D eigenvalue weighted by Gasteiger charge is 2.44. The summed E-state index contributed by atoms with van der Waals surface area (Å²) in [5.41, 5.74) is 17.1. The molecule has 0 radical (unpaired) electrons. The molecule has 1 aromatic rings. The van der Waals surface area contributed by atoms with E-state index in [4.69, 9.17) is 11.5 Å². The number of aliphatic imine (C=N–C) groups is 2. The first-order chi connectivity index (χ1) is 17.2. The maximum Gasteiger partial charge on any atom is 0.335 e. The molecule has 2 heterocycles. The Morgan fingerprint density at radius 1 is 1.17 bits per heavy atom. The fourth-order valence-electron chi connectivity index (χ4n) is 4.89. The van der Waals surface area contributed by atoms with Gasteiger partial charge in [0.2, 0.25) is 0 Å². The highest BCUT2D eigenvalue weighted by molar-refractivity contribution is 5.89. The van der Waals surface area contributed by atoms with Crippen molar-refractivity contribution in [3.05, 3.63) is 52.6 Å². The zero-order valence-electron chi connectivity index (χ0n) is 21.9. The summed E-state index contributed by atoms with van der Waals surface area (Å²) in [6.45, 7) is 10.8. The number of nitrogens with one attached hydrogen (secondary N) is 2. The normalized spacial score (nSPS) is 21.2. The van der Waals surface area contributed by atoms with Crippen LogP contribution in [0.5, 0.6) is 0 Å². The number of anilines is 1. The maximum absolute atomic E-state index is 11.7. The summed E-state index contributed by atoms with van der Waals surface area (Å²) in [6, 6.07) is 5.54. The topological polar surface area (TPSA) is 141 Å². The standard InChI is InChI=1S/C27H41N7O2/c1-17(2)9-13-31-26(28)30-12-5-6-22-20-11-15-34(27(29)32-14-10-18(3)4)24(20)21-16-19(25(35)36)7-8-23(21)33-22/h7-10,16,20,22,24,33H,5-6,11-15H2,1-4H3,(H2,29,32)(H,35,36)(H3,28,30,31)/t20?,22-,24?/m0/s1. The van der Waals surface area contributed by atoms with Gasteiger partial charge >= 0.3 is 5.97 Å². The number of carbonyl (C=O) groups is 1. The lowest BCUT2D eigenvalue weighted by Gasteiger charge is -2.40. The van der Waals surface area contributed by atoms with Crippen molar-refractivity contribution in [2.75, 3.05) is 31.5 Å². The first-order valence-electron chi connectivity index (χ1n) is 12.7. The number of nitrogens with two attached hydrogens (primary N) is 2. The van der Waals surface area contributed by atoms with E-state index in [1.54, 1.807) is 12.1 Å². The van der Waals surface area contributed by atoms with Gasteiger partial charge in [0.1, 0.15) is 0 Å². The smallest absolute Gasteiger partial charge is 0.335 e. The minimum absolute atomic E-state index is 0.00957. The van der Waals surface area contributed by atoms with Crippen LogP contribution in [0.25, 0.3) is 0 Å².